The van der Waals surface area contributed by atoms with Gasteiger partial charge in [0.25, 0.3) is 0 Å². The van der Waals surface area contributed by atoms with Crippen LogP contribution in [0, 0.1) is 39.9 Å². The Morgan fingerprint density at radius 2 is 1.63 bits per heavy atom. The monoisotopic (exact) mass is 743 g/mol. The van der Waals surface area contributed by atoms with Gasteiger partial charge in [0.15, 0.2) is 5.82 Å². The van der Waals surface area contributed by atoms with Gasteiger partial charge >= 0.3 is 25.7 Å². The summed E-state index contributed by atoms with van der Waals surface area (Å²) in [6, 6.07) is 11.8. The van der Waals surface area contributed by atoms with Crippen molar-refractivity contribution in [2.45, 2.75) is 79.4 Å². The summed E-state index contributed by atoms with van der Waals surface area (Å²) in [6.45, 7) is 13.2. The summed E-state index contributed by atoms with van der Waals surface area (Å²) in [5.74, 6) is -6.39. The molecule has 0 bridgehead atoms. The number of esters is 1. The highest BCUT2D eigenvalue weighted by molar-refractivity contribution is 7.48. The molecule has 1 aromatic carbocycles. The second-order valence-electron chi connectivity index (χ2n) is 15.2. The second kappa shape index (κ2) is 14.5. The van der Waals surface area contributed by atoms with Crippen LogP contribution in [0.1, 0.15) is 73.6 Å². The van der Waals surface area contributed by atoms with Gasteiger partial charge in [-0.2, -0.15) is 10.4 Å². The van der Waals surface area contributed by atoms with Crippen LogP contribution in [0.3, 0.4) is 0 Å². The van der Waals surface area contributed by atoms with Crippen LogP contribution in [0.5, 0.6) is 5.75 Å². The van der Waals surface area contributed by atoms with Crippen LogP contribution in [0.2, 0.25) is 0 Å². The first-order valence-electron chi connectivity index (χ1n) is 16.5. The number of phosphoric acid groups is 1. The molecule has 1 aliphatic rings. The first kappa shape index (κ1) is 40.2. The number of carbonyl (C=O) groups excluding carboxylic acids is 1. The van der Waals surface area contributed by atoms with Gasteiger partial charge in [-0.1, -0.05) is 46.8 Å². The van der Waals surface area contributed by atoms with Gasteiger partial charge < -0.3 is 29.9 Å². The minimum Gasteiger partial charge on any atom is -0.481 e. The maximum absolute atomic E-state index is 14.3. The van der Waals surface area contributed by atoms with Crippen molar-refractivity contribution >= 4 is 37.1 Å². The standard InChI is InChI=1S/C35H46N5O11P/c1-20(2)29(41)47-19-49-52(46,51-22-12-10-21(11-13-22)32(3,4)5)48-16-24-26(33(6,7)30(42)43)27(34(8,9)31(44)45)35(17-36,50-24)25-15-14-23-28(37)38-18-39-40(23)25/h10-15,18,20,24,26-27H,16,19H2,1-9H3,(H,42,43)(H,44,45)(H2,37,38,39)/t24-,26+,27+,35-,52-/m0/s1. The average Bonchev–Trinajstić information content (AvgIpc) is 3.65. The Morgan fingerprint density at radius 1 is 1.02 bits per heavy atom. The number of phosphoric ester groups is 1. The summed E-state index contributed by atoms with van der Waals surface area (Å²) in [5, 5.41) is 36.3. The number of hydrogen-bond acceptors (Lipinski definition) is 13. The van der Waals surface area contributed by atoms with Gasteiger partial charge in [0.2, 0.25) is 12.4 Å². The first-order chi connectivity index (χ1) is 24.0. The minimum absolute atomic E-state index is 0.0577. The van der Waals surface area contributed by atoms with E-state index in [1.165, 1.54) is 44.3 Å². The van der Waals surface area contributed by atoms with E-state index in [-0.39, 0.29) is 28.2 Å². The van der Waals surface area contributed by atoms with Crippen LogP contribution in [-0.4, -0.2) is 62.2 Å². The molecule has 0 amide bonds. The lowest BCUT2D eigenvalue weighted by Crippen LogP contribution is -2.51. The minimum atomic E-state index is -4.72. The van der Waals surface area contributed by atoms with Crippen molar-refractivity contribution in [3.05, 3.63) is 54.0 Å². The lowest BCUT2D eigenvalue weighted by Gasteiger charge is -2.42. The fourth-order valence-electron chi connectivity index (χ4n) is 6.43. The summed E-state index contributed by atoms with van der Waals surface area (Å²) >= 11 is 0. The lowest BCUT2D eigenvalue weighted by atomic mass is 9.57. The smallest absolute Gasteiger partial charge is 0.481 e. The molecule has 0 aliphatic carbocycles. The van der Waals surface area contributed by atoms with Crippen LogP contribution in [0.25, 0.3) is 5.52 Å². The molecule has 1 saturated heterocycles. The fraction of sp³-hybridized carbons (Fsp3) is 0.543. The average molecular weight is 744 g/mol. The number of carbonyl (C=O) groups is 3. The maximum atomic E-state index is 14.3. The second-order valence-corrected chi connectivity index (χ2v) is 16.8. The molecule has 0 saturated carbocycles. The molecule has 3 heterocycles. The molecule has 4 rings (SSSR count). The number of fused-ring (bicyclic) bond motifs is 1. The molecule has 1 aliphatic heterocycles. The quantitative estimate of drug-likeness (QED) is 0.104. The highest BCUT2D eigenvalue weighted by atomic mass is 31.2. The number of aromatic nitrogens is 3. The van der Waals surface area contributed by atoms with Crippen LogP contribution >= 0.6 is 7.82 Å². The van der Waals surface area contributed by atoms with E-state index in [0.717, 1.165) is 11.9 Å². The van der Waals surface area contributed by atoms with Crippen LogP contribution in [0.4, 0.5) is 5.82 Å². The molecular formula is C35H46N5O11P. The van der Waals surface area contributed by atoms with E-state index in [2.05, 4.69) is 16.2 Å². The number of nitrogens with zero attached hydrogens (tertiary/aromatic N) is 4. The summed E-state index contributed by atoms with van der Waals surface area (Å²) in [5.41, 5.74) is 1.39. The Balaban J connectivity index is 1.83. The highest BCUT2D eigenvalue weighted by Gasteiger charge is 2.68. The van der Waals surface area contributed by atoms with Gasteiger partial charge in [-0.3, -0.25) is 18.9 Å². The molecule has 0 radical (unpaired) electrons. The van der Waals surface area contributed by atoms with Crippen LogP contribution in [0.15, 0.2) is 42.7 Å². The van der Waals surface area contributed by atoms with Crippen molar-refractivity contribution in [1.82, 2.24) is 14.6 Å². The Bertz CT molecular complexity index is 1910. The fourth-order valence-corrected chi connectivity index (χ4v) is 7.50. The van der Waals surface area contributed by atoms with E-state index in [4.69, 9.17) is 28.8 Å². The number of ether oxygens (including phenoxy) is 2. The van der Waals surface area contributed by atoms with E-state index in [9.17, 15) is 34.4 Å². The van der Waals surface area contributed by atoms with Crippen molar-refractivity contribution in [2.75, 3.05) is 19.1 Å². The molecule has 0 spiro atoms. The van der Waals surface area contributed by atoms with E-state index in [0.29, 0.717) is 0 Å². The van der Waals surface area contributed by atoms with Gasteiger partial charge in [-0.15, -0.1) is 0 Å². The van der Waals surface area contributed by atoms with Crippen LogP contribution in [-0.2, 0) is 48.5 Å². The number of nitriles is 1. The van der Waals surface area contributed by atoms with Gasteiger partial charge in [-0.25, -0.2) is 18.6 Å². The summed E-state index contributed by atoms with van der Waals surface area (Å²) in [7, 11) is -4.72. The number of hydrogen-bond donors (Lipinski definition) is 3. The van der Waals surface area contributed by atoms with Crippen molar-refractivity contribution < 1.29 is 52.2 Å². The number of anilines is 1. The Hall–Kier alpha value is -4.55. The molecule has 1 fully saturated rings. The summed E-state index contributed by atoms with van der Waals surface area (Å²) < 4.78 is 44.2. The highest BCUT2D eigenvalue weighted by Crippen LogP contribution is 2.61. The Morgan fingerprint density at radius 3 is 2.17 bits per heavy atom. The molecule has 16 nitrogen and oxygen atoms in total. The SMILES string of the molecule is CC(C)C(=O)OCO[P@](=O)(OC[C@@H]1O[C@@](C#N)(c2ccc3c(N)ncnn23)[C@@H](C(C)(C)C(=O)O)[C@@H]1C(C)(C)C(=O)O)Oc1ccc(C(C)(C)C)cc1. The number of carboxylic acids is 2. The largest absolute Gasteiger partial charge is 0.533 e. The molecule has 4 N–H and O–H groups in total. The van der Waals surface area contributed by atoms with Gasteiger partial charge in [0, 0.05) is 11.8 Å². The third-order valence-electron chi connectivity index (χ3n) is 9.49. The number of rotatable bonds is 14. The van der Waals surface area contributed by atoms with E-state index in [1.807, 2.05) is 20.8 Å². The lowest BCUT2D eigenvalue weighted by molar-refractivity contribution is -0.161. The molecule has 0 unspecified atom stereocenters. The number of aliphatic carboxylic acids is 2. The molecule has 2 aromatic heterocycles. The topological polar surface area (TPSA) is 235 Å². The van der Waals surface area contributed by atoms with Crippen molar-refractivity contribution in [1.29, 1.82) is 5.26 Å². The number of carboxylic acid groups (broad SMARTS) is 2. The molecular weight excluding hydrogens is 697 g/mol. The van der Waals surface area contributed by atoms with Crippen molar-refractivity contribution in [2.24, 2.45) is 28.6 Å². The molecule has 3 aromatic rings. The van der Waals surface area contributed by atoms with E-state index >= 15 is 0 Å². The third kappa shape index (κ3) is 7.64. The molecule has 52 heavy (non-hydrogen) atoms. The zero-order valence-corrected chi connectivity index (χ0v) is 31.5. The van der Waals surface area contributed by atoms with Crippen molar-refractivity contribution in [3.8, 4) is 11.8 Å². The molecule has 5 atom stereocenters. The number of nitrogens with two attached hydrogens (primary N) is 1. The first-order valence-corrected chi connectivity index (χ1v) is 18.0. The number of benzene rings is 1. The van der Waals surface area contributed by atoms with E-state index in [1.54, 1.807) is 38.1 Å². The van der Waals surface area contributed by atoms with Gasteiger partial charge in [-0.05, 0) is 62.9 Å². The van der Waals surface area contributed by atoms with E-state index < -0.39 is 79.4 Å². The Labute approximate surface area is 301 Å². The third-order valence-corrected chi connectivity index (χ3v) is 10.8. The zero-order chi connectivity index (χ0) is 39.0. The Kier molecular flexibility index (Phi) is 11.2. The normalized spacial score (nSPS) is 22.1. The van der Waals surface area contributed by atoms with Gasteiger partial charge in [0.05, 0.1) is 35.2 Å². The number of nitrogen functional groups attached to an aromatic ring is 1. The zero-order valence-electron chi connectivity index (χ0n) is 30.6. The van der Waals surface area contributed by atoms with Gasteiger partial charge in [0.1, 0.15) is 23.7 Å². The summed E-state index contributed by atoms with van der Waals surface area (Å²) in [4.78, 5) is 42.0. The van der Waals surface area contributed by atoms with Crippen molar-refractivity contribution in [3.63, 3.8) is 0 Å². The molecule has 17 heteroatoms. The maximum Gasteiger partial charge on any atom is 0.533 e. The molecule has 282 valence electrons. The van der Waals surface area contributed by atoms with Crippen LogP contribution < -0.4 is 10.3 Å². The predicted octanol–water partition coefficient (Wildman–Crippen LogP) is 5.56. The summed E-state index contributed by atoms with van der Waals surface area (Å²) in [6.07, 6.45) is -0.269. The predicted molar refractivity (Wildman–Crippen MR) is 186 cm³/mol.